The molecule has 2 aliphatic rings. The first-order valence-electron chi connectivity index (χ1n) is 21.3. The van der Waals surface area contributed by atoms with Crippen LogP contribution in [0.4, 0.5) is 18.4 Å². The van der Waals surface area contributed by atoms with E-state index in [1.165, 1.54) is 14.2 Å². The number of hydrogen-bond donors (Lipinski definition) is 4. The van der Waals surface area contributed by atoms with Crippen molar-refractivity contribution in [3.8, 4) is 11.1 Å². The molecule has 63 heavy (non-hydrogen) atoms. The van der Waals surface area contributed by atoms with Gasteiger partial charge in [0.2, 0.25) is 11.8 Å². The highest BCUT2D eigenvalue weighted by Gasteiger charge is 2.42. The zero-order valence-electron chi connectivity index (χ0n) is 36.0. The standard InChI is InChI=1S/C46H52F2N8O7/c1-23(2)36(53-45(59)61-5)42(57)55-17-7-8-34(55)40-49-32-15-11-28-19-26(9-13-30(28)38(32)51-40)27-10-14-31-29(20-27)12-16-33-39(31)52-41(50-33)35-18-25(22-63-44(47)48)21-56(35)43(58)37(24(3)4)54-46(60)62-6/h9-16,19-20,23-25,34-37,44H,7-8,17-18,21-22H2,1-6H3,(H,49,51)(H,50,52)(H,53,59)(H,54,60)/t25-,34-,35-,36?,37-/m0/s1. The Morgan fingerprint density at radius 3 is 1.73 bits per heavy atom. The molecule has 4 N–H and O–H groups in total. The van der Waals surface area contributed by atoms with Crippen molar-refractivity contribution in [2.45, 2.75) is 77.7 Å². The van der Waals surface area contributed by atoms with E-state index in [0.717, 1.165) is 62.1 Å². The van der Waals surface area contributed by atoms with Gasteiger partial charge in [-0.1, -0.05) is 64.1 Å². The van der Waals surface area contributed by atoms with Crippen LogP contribution in [-0.2, 0) is 23.8 Å². The third-order valence-electron chi connectivity index (χ3n) is 12.4. The minimum absolute atomic E-state index is 0.137. The highest BCUT2D eigenvalue weighted by atomic mass is 19.3. The number of alkyl halides is 2. The number of rotatable bonds is 12. The second kappa shape index (κ2) is 17.8. The Hall–Kier alpha value is -6.36. The number of nitrogens with zero attached hydrogens (tertiary/aromatic N) is 4. The summed E-state index contributed by atoms with van der Waals surface area (Å²) in [7, 11) is 2.50. The minimum Gasteiger partial charge on any atom is -0.453 e. The molecule has 0 bridgehead atoms. The quantitative estimate of drug-likeness (QED) is 0.0948. The van der Waals surface area contributed by atoms with E-state index in [0.29, 0.717) is 30.1 Å². The molecule has 2 aromatic heterocycles. The van der Waals surface area contributed by atoms with Crippen molar-refractivity contribution in [3.63, 3.8) is 0 Å². The van der Waals surface area contributed by atoms with Crippen LogP contribution in [0.15, 0.2) is 60.7 Å². The number of hydrogen-bond acceptors (Lipinski definition) is 9. The lowest BCUT2D eigenvalue weighted by molar-refractivity contribution is -0.139. The number of aromatic amines is 2. The second-order valence-electron chi connectivity index (χ2n) is 17.1. The Bertz CT molecular complexity index is 2700. The monoisotopic (exact) mass is 866 g/mol. The molecule has 1 unspecified atom stereocenters. The van der Waals surface area contributed by atoms with Gasteiger partial charge in [-0.25, -0.2) is 19.6 Å². The molecular weight excluding hydrogens is 815 g/mol. The molecule has 4 amide bonds. The summed E-state index contributed by atoms with van der Waals surface area (Å²) in [6.07, 6.45) is 0.517. The first-order valence-corrected chi connectivity index (χ1v) is 21.3. The Morgan fingerprint density at radius 1 is 0.730 bits per heavy atom. The van der Waals surface area contributed by atoms with Crippen LogP contribution in [0.3, 0.4) is 0 Å². The fraction of sp³-hybridized carbons (Fsp3) is 0.435. The lowest BCUT2D eigenvalue weighted by atomic mass is 9.98. The Morgan fingerprint density at radius 2 is 1.24 bits per heavy atom. The molecule has 332 valence electrons. The van der Waals surface area contributed by atoms with E-state index in [4.69, 9.17) is 19.4 Å². The number of benzene rings is 4. The summed E-state index contributed by atoms with van der Waals surface area (Å²) in [6, 6.07) is 18.0. The molecule has 2 fully saturated rings. The molecule has 0 radical (unpaired) electrons. The predicted octanol–water partition coefficient (Wildman–Crippen LogP) is 7.97. The van der Waals surface area contributed by atoms with E-state index in [1.54, 1.807) is 9.80 Å². The summed E-state index contributed by atoms with van der Waals surface area (Å²) in [6.45, 7) is 4.94. The summed E-state index contributed by atoms with van der Waals surface area (Å²) in [4.78, 5) is 72.3. The average molecular weight is 867 g/mol. The lowest BCUT2D eigenvalue weighted by Gasteiger charge is -2.30. The molecule has 0 saturated carbocycles. The van der Waals surface area contributed by atoms with E-state index in [1.807, 2.05) is 58.0 Å². The van der Waals surface area contributed by atoms with Gasteiger partial charge in [-0.3, -0.25) is 9.59 Å². The number of H-pyrrole nitrogens is 2. The molecule has 4 aromatic carbocycles. The van der Waals surface area contributed by atoms with Crippen LogP contribution in [-0.4, -0.2) is 106 Å². The van der Waals surface area contributed by atoms with Gasteiger partial charge < -0.3 is 44.6 Å². The normalized spacial score (nSPS) is 18.9. The van der Waals surface area contributed by atoms with E-state index in [2.05, 4.69) is 55.7 Å². The number of imidazole rings is 2. The van der Waals surface area contributed by atoms with Crippen molar-refractivity contribution in [3.05, 3.63) is 72.3 Å². The zero-order chi connectivity index (χ0) is 44.7. The fourth-order valence-electron chi connectivity index (χ4n) is 9.14. The van der Waals surface area contributed by atoms with Crippen molar-refractivity contribution >= 4 is 67.6 Å². The summed E-state index contributed by atoms with van der Waals surface area (Å²) in [5.41, 5.74) is 5.14. The maximum atomic E-state index is 14.0. The summed E-state index contributed by atoms with van der Waals surface area (Å²) in [5.74, 6) is -0.102. The number of ether oxygens (including phenoxy) is 3. The zero-order valence-corrected chi connectivity index (χ0v) is 36.0. The Balaban J connectivity index is 1.06. The van der Waals surface area contributed by atoms with Gasteiger partial charge in [0.15, 0.2) is 0 Å². The van der Waals surface area contributed by atoms with Crippen molar-refractivity contribution in [2.75, 3.05) is 33.9 Å². The number of amides is 4. The van der Waals surface area contributed by atoms with E-state index < -0.39 is 36.9 Å². The number of halogens is 2. The summed E-state index contributed by atoms with van der Waals surface area (Å²) >= 11 is 0. The van der Waals surface area contributed by atoms with Gasteiger partial charge in [-0.05, 0) is 77.3 Å². The largest absolute Gasteiger partial charge is 0.453 e. The van der Waals surface area contributed by atoms with E-state index >= 15 is 0 Å². The molecule has 0 aliphatic carbocycles. The Labute approximate surface area is 362 Å². The number of fused-ring (bicyclic) bond motifs is 6. The first-order chi connectivity index (χ1) is 30.2. The van der Waals surface area contributed by atoms with Gasteiger partial charge >= 0.3 is 18.8 Å². The third kappa shape index (κ3) is 8.57. The average Bonchev–Trinajstić information content (AvgIpc) is 4.10. The van der Waals surface area contributed by atoms with Gasteiger partial charge in [0.05, 0.1) is 55.0 Å². The maximum Gasteiger partial charge on any atom is 0.407 e. The highest BCUT2D eigenvalue weighted by Crippen LogP contribution is 2.39. The van der Waals surface area contributed by atoms with Crippen molar-refractivity contribution in [1.82, 2.24) is 40.4 Å². The topological polar surface area (TPSA) is 184 Å². The van der Waals surface area contributed by atoms with Gasteiger partial charge in [0.1, 0.15) is 23.7 Å². The molecular formula is C46H52F2N8O7. The highest BCUT2D eigenvalue weighted by molar-refractivity contribution is 6.07. The van der Waals surface area contributed by atoms with Crippen LogP contribution in [0.5, 0.6) is 0 Å². The molecule has 6 aromatic rings. The minimum atomic E-state index is -2.94. The van der Waals surface area contributed by atoms with Gasteiger partial charge in [0, 0.05) is 29.8 Å². The lowest BCUT2D eigenvalue weighted by Crippen LogP contribution is -2.51. The van der Waals surface area contributed by atoms with Crippen molar-refractivity contribution in [1.29, 1.82) is 0 Å². The molecule has 8 rings (SSSR count). The van der Waals surface area contributed by atoms with Gasteiger partial charge in [0.25, 0.3) is 0 Å². The van der Waals surface area contributed by atoms with Gasteiger partial charge in [-0.2, -0.15) is 8.78 Å². The SMILES string of the molecule is COC(=O)NC(C(=O)N1CCC[C@H]1c1nc2c(ccc3cc(-c4ccc5c(ccc6[nH]c([C@@H]7C[C@H](COC(F)F)CN7C(=O)[C@@H](NC(=O)OC)C(C)C)nc65)c4)ccc32)[nH]1)C(C)C. The van der Waals surface area contributed by atoms with Crippen molar-refractivity contribution < 1.29 is 42.2 Å². The van der Waals surface area contributed by atoms with Gasteiger partial charge in [-0.15, -0.1) is 0 Å². The van der Waals surface area contributed by atoms with Crippen LogP contribution in [0.25, 0.3) is 54.7 Å². The number of likely N-dealkylation sites (tertiary alicyclic amines) is 2. The number of carbonyl (C=O) groups is 4. The molecule has 17 heteroatoms. The number of aromatic nitrogens is 4. The third-order valence-corrected chi connectivity index (χ3v) is 12.4. The Kier molecular flexibility index (Phi) is 12.2. The number of nitrogens with one attached hydrogen (secondary N) is 4. The van der Waals surface area contributed by atoms with Crippen LogP contribution < -0.4 is 10.6 Å². The summed E-state index contributed by atoms with van der Waals surface area (Å²) < 4.78 is 40.4. The van der Waals surface area contributed by atoms with E-state index in [-0.39, 0.29) is 48.8 Å². The molecule has 0 spiro atoms. The predicted molar refractivity (Wildman–Crippen MR) is 233 cm³/mol. The van der Waals surface area contributed by atoms with Crippen LogP contribution in [0, 0.1) is 17.8 Å². The molecule has 4 heterocycles. The fourth-order valence-corrected chi connectivity index (χ4v) is 9.14. The number of alkyl carbamates (subject to hydrolysis) is 2. The maximum absolute atomic E-state index is 14.0. The van der Waals surface area contributed by atoms with E-state index in [9.17, 15) is 28.0 Å². The van der Waals surface area contributed by atoms with Crippen LogP contribution in [0.1, 0.15) is 70.7 Å². The molecule has 2 aliphatic heterocycles. The van der Waals surface area contributed by atoms with Crippen LogP contribution in [0.2, 0.25) is 0 Å². The van der Waals surface area contributed by atoms with Crippen molar-refractivity contribution in [2.24, 2.45) is 17.8 Å². The smallest absolute Gasteiger partial charge is 0.407 e. The number of methoxy groups -OCH3 is 2. The second-order valence-corrected chi connectivity index (χ2v) is 17.1. The first kappa shape index (κ1) is 43.3. The number of carbonyl (C=O) groups excluding carboxylic acids is 4. The van der Waals surface area contributed by atoms with Crippen LogP contribution >= 0.6 is 0 Å². The molecule has 2 saturated heterocycles. The molecule has 15 nitrogen and oxygen atoms in total. The molecule has 5 atom stereocenters. The summed E-state index contributed by atoms with van der Waals surface area (Å²) in [5, 5.41) is 9.15.